The zero-order valence-electron chi connectivity index (χ0n) is 17.4. The van der Waals surface area contributed by atoms with Gasteiger partial charge in [0.05, 0.1) is 0 Å². The SMILES string of the molecule is Cc1ccccc1N1CCN(C(=O)[C@H](NC(=O)Nc2ccccc2)C(C)C)CC1. The average molecular weight is 395 g/mol. The van der Waals surface area contributed by atoms with E-state index in [2.05, 4.69) is 34.6 Å². The van der Waals surface area contributed by atoms with E-state index in [9.17, 15) is 9.59 Å². The van der Waals surface area contributed by atoms with Crippen molar-refractivity contribution in [2.75, 3.05) is 36.4 Å². The summed E-state index contributed by atoms with van der Waals surface area (Å²) in [7, 11) is 0. The second-order valence-corrected chi connectivity index (χ2v) is 7.78. The zero-order chi connectivity index (χ0) is 20.8. The molecule has 1 atom stereocenters. The van der Waals surface area contributed by atoms with Crippen LogP contribution in [0.4, 0.5) is 16.2 Å². The molecule has 0 aliphatic carbocycles. The number of nitrogens with one attached hydrogen (secondary N) is 2. The highest BCUT2D eigenvalue weighted by atomic mass is 16.2. The van der Waals surface area contributed by atoms with E-state index in [1.807, 2.05) is 61.2 Å². The van der Waals surface area contributed by atoms with Crippen molar-refractivity contribution in [3.63, 3.8) is 0 Å². The summed E-state index contributed by atoms with van der Waals surface area (Å²) >= 11 is 0. The number of amides is 3. The Balaban J connectivity index is 1.58. The van der Waals surface area contributed by atoms with E-state index in [-0.39, 0.29) is 17.9 Å². The predicted octanol–water partition coefficient (Wildman–Crippen LogP) is 3.49. The summed E-state index contributed by atoms with van der Waals surface area (Å²) in [5.74, 6) is -0.0222. The predicted molar refractivity (Wildman–Crippen MR) is 117 cm³/mol. The van der Waals surface area contributed by atoms with Gasteiger partial charge in [0.15, 0.2) is 0 Å². The molecule has 0 saturated carbocycles. The van der Waals surface area contributed by atoms with E-state index in [0.717, 1.165) is 13.1 Å². The fraction of sp³-hybridized carbons (Fsp3) is 0.391. The van der Waals surface area contributed by atoms with Gasteiger partial charge in [-0.3, -0.25) is 4.79 Å². The van der Waals surface area contributed by atoms with Gasteiger partial charge in [-0.2, -0.15) is 0 Å². The summed E-state index contributed by atoms with van der Waals surface area (Å²) in [5.41, 5.74) is 3.17. The summed E-state index contributed by atoms with van der Waals surface area (Å²) in [6, 6.07) is 16.6. The molecule has 1 saturated heterocycles. The van der Waals surface area contributed by atoms with Crippen LogP contribution in [0.1, 0.15) is 19.4 Å². The molecule has 0 bridgehead atoms. The highest BCUT2D eigenvalue weighted by Crippen LogP contribution is 2.21. The molecule has 3 rings (SSSR count). The normalized spacial score (nSPS) is 15.2. The number of urea groups is 1. The van der Waals surface area contributed by atoms with Crippen molar-refractivity contribution in [2.24, 2.45) is 5.92 Å². The fourth-order valence-corrected chi connectivity index (χ4v) is 3.63. The maximum absolute atomic E-state index is 13.1. The third kappa shape index (κ3) is 5.28. The van der Waals surface area contributed by atoms with Gasteiger partial charge in [-0.25, -0.2) is 4.79 Å². The maximum Gasteiger partial charge on any atom is 0.319 e. The highest BCUT2D eigenvalue weighted by Gasteiger charge is 2.31. The number of anilines is 2. The molecular weight excluding hydrogens is 364 g/mol. The number of hydrogen-bond donors (Lipinski definition) is 2. The molecule has 2 N–H and O–H groups in total. The summed E-state index contributed by atoms with van der Waals surface area (Å²) < 4.78 is 0. The molecule has 6 nitrogen and oxygen atoms in total. The number of aryl methyl sites for hydroxylation is 1. The topological polar surface area (TPSA) is 64.7 Å². The number of para-hydroxylation sites is 2. The molecule has 0 radical (unpaired) electrons. The van der Waals surface area contributed by atoms with Crippen LogP contribution in [0.2, 0.25) is 0 Å². The Morgan fingerprint density at radius 1 is 0.897 bits per heavy atom. The van der Waals surface area contributed by atoms with E-state index in [4.69, 9.17) is 0 Å². The van der Waals surface area contributed by atoms with E-state index in [1.54, 1.807) is 0 Å². The molecule has 1 aliphatic rings. The molecular formula is C23H30N4O2. The number of hydrogen-bond acceptors (Lipinski definition) is 3. The van der Waals surface area contributed by atoms with Gasteiger partial charge in [0.2, 0.25) is 5.91 Å². The second-order valence-electron chi connectivity index (χ2n) is 7.78. The van der Waals surface area contributed by atoms with Crippen LogP contribution in [-0.4, -0.2) is 49.1 Å². The molecule has 29 heavy (non-hydrogen) atoms. The number of benzene rings is 2. The van der Waals surface area contributed by atoms with Crippen LogP contribution < -0.4 is 15.5 Å². The van der Waals surface area contributed by atoms with Crippen LogP contribution in [-0.2, 0) is 4.79 Å². The number of carbonyl (C=O) groups excluding carboxylic acids is 2. The van der Waals surface area contributed by atoms with Crippen molar-refractivity contribution in [1.29, 1.82) is 0 Å². The third-order valence-corrected chi connectivity index (χ3v) is 5.30. The van der Waals surface area contributed by atoms with Gasteiger partial charge >= 0.3 is 6.03 Å². The van der Waals surface area contributed by atoms with Crippen molar-refractivity contribution in [2.45, 2.75) is 26.8 Å². The second kappa shape index (κ2) is 9.45. The van der Waals surface area contributed by atoms with Gasteiger partial charge in [-0.05, 0) is 36.6 Å². The Hall–Kier alpha value is -3.02. The lowest BCUT2D eigenvalue weighted by Gasteiger charge is -2.38. The first-order valence-corrected chi connectivity index (χ1v) is 10.2. The lowest BCUT2D eigenvalue weighted by Crippen LogP contribution is -2.57. The molecule has 2 aromatic rings. The van der Waals surface area contributed by atoms with Crippen LogP contribution in [0.3, 0.4) is 0 Å². The van der Waals surface area contributed by atoms with E-state index in [0.29, 0.717) is 18.8 Å². The maximum atomic E-state index is 13.1. The van der Waals surface area contributed by atoms with Crippen LogP contribution in [0, 0.1) is 12.8 Å². The molecule has 0 unspecified atom stereocenters. The summed E-state index contributed by atoms with van der Waals surface area (Å²) in [6.07, 6.45) is 0. The Bertz CT molecular complexity index is 830. The van der Waals surface area contributed by atoms with Crippen LogP contribution in [0.25, 0.3) is 0 Å². The van der Waals surface area contributed by atoms with Crippen molar-refractivity contribution < 1.29 is 9.59 Å². The van der Waals surface area contributed by atoms with Gasteiger partial charge in [0.1, 0.15) is 6.04 Å². The van der Waals surface area contributed by atoms with Crippen molar-refractivity contribution >= 4 is 23.3 Å². The number of carbonyl (C=O) groups is 2. The molecule has 0 aromatic heterocycles. The molecule has 1 fully saturated rings. The molecule has 3 amide bonds. The Labute approximate surface area is 172 Å². The Morgan fingerprint density at radius 2 is 1.52 bits per heavy atom. The standard InChI is InChI=1S/C23H30N4O2/c1-17(2)21(25-23(29)24-19-10-5-4-6-11-19)22(28)27-15-13-26(14-16-27)20-12-8-7-9-18(20)3/h4-12,17,21H,13-16H2,1-3H3,(H2,24,25,29)/t21-/m1/s1. The van der Waals surface area contributed by atoms with Gasteiger partial charge in [0, 0.05) is 37.6 Å². The van der Waals surface area contributed by atoms with Crippen LogP contribution >= 0.6 is 0 Å². The minimum Gasteiger partial charge on any atom is -0.368 e. The summed E-state index contributed by atoms with van der Waals surface area (Å²) in [4.78, 5) is 29.7. The molecule has 1 heterocycles. The lowest BCUT2D eigenvalue weighted by molar-refractivity contribution is -0.134. The first-order chi connectivity index (χ1) is 14.0. The number of nitrogens with zero attached hydrogens (tertiary/aromatic N) is 2. The van der Waals surface area contributed by atoms with Gasteiger partial charge in [-0.15, -0.1) is 0 Å². The van der Waals surface area contributed by atoms with Gasteiger partial charge in [-0.1, -0.05) is 50.2 Å². The zero-order valence-corrected chi connectivity index (χ0v) is 17.4. The van der Waals surface area contributed by atoms with Crippen LogP contribution in [0.5, 0.6) is 0 Å². The van der Waals surface area contributed by atoms with Crippen molar-refractivity contribution in [1.82, 2.24) is 10.2 Å². The average Bonchev–Trinajstić information content (AvgIpc) is 2.72. The largest absolute Gasteiger partial charge is 0.368 e. The smallest absolute Gasteiger partial charge is 0.319 e. The first kappa shape index (κ1) is 20.7. The molecule has 1 aliphatic heterocycles. The highest BCUT2D eigenvalue weighted by molar-refractivity contribution is 5.93. The van der Waals surface area contributed by atoms with Gasteiger partial charge < -0.3 is 20.4 Å². The molecule has 154 valence electrons. The quantitative estimate of drug-likeness (QED) is 0.816. The number of rotatable bonds is 5. The minimum absolute atomic E-state index is 0.00146. The molecule has 6 heteroatoms. The Morgan fingerprint density at radius 3 is 2.14 bits per heavy atom. The number of piperazine rings is 1. The van der Waals surface area contributed by atoms with Crippen molar-refractivity contribution in [3.8, 4) is 0 Å². The van der Waals surface area contributed by atoms with E-state index < -0.39 is 6.04 Å². The summed E-state index contributed by atoms with van der Waals surface area (Å²) in [6.45, 7) is 8.90. The molecule has 2 aromatic carbocycles. The minimum atomic E-state index is -0.552. The third-order valence-electron chi connectivity index (χ3n) is 5.30. The van der Waals surface area contributed by atoms with Crippen molar-refractivity contribution in [3.05, 3.63) is 60.2 Å². The summed E-state index contributed by atoms with van der Waals surface area (Å²) in [5, 5.41) is 5.65. The fourth-order valence-electron chi connectivity index (χ4n) is 3.63. The molecule has 0 spiro atoms. The monoisotopic (exact) mass is 394 g/mol. The van der Waals surface area contributed by atoms with Gasteiger partial charge in [0.25, 0.3) is 0 Å². The first-order valence-electron chi connectivity index (χ1n) is 10.2. The van der Waals surface area contributed by atoms with E-state index in [1.165, 1.54) is 11.3 Å². The lowest BCUT2D eigenvalue weighted by atomic mass is 10.0. The van der Waals surface area contributed by atoms with Crippen LogP contribution in [0.15, 0.2) is 54.6 Å². The Kier molecular flexibility index (Phi) is 6.75. The van der Waals surface area contributed by atoms with E-state index >= 15 is 0 Å².